The molecule has 3 heterocycles. The Hall–Kier alpha value is -1.89. The molecule has 0 aliphatic carbocycles. The second kappa shape index (κ2) is 4.65. The molecule has 7 heteroatoms. The van der Waals surface area contributed by atoms with E-state index < -0.39 is 0 Å². The van der Waals surface area contributed by atoms with Gasteiger partial charge in [-0.25, -0.2) is 9.89 Å². The quantitative estimate of drug-likeness (QED) is 0.784. The minimum atomic E-state index is -0.308. The Kier molecular flexibility index (Phi) is 2.98. The van der Waals surface area contributed by atoms with Gasteiger partial charge in [-0.15, -0.1) is 5.10 Å². The molecular weight excluding hydrogens is 244 g/mol. The van der Waals surface area contributed by atoms with Gasteiger partial charge in [-0.3, -0.25) is 0 Å². The minimum Gasteiger partial charge on any atom is -0.355 e. The number of H-pyrrole nitrogens is 1. The molecule has 2 unspecified atom stereocenters. The molecule has 1 saturated heterocycles. The molecule has 7 nitrogen and oxygen atoms in total. The van der Waals surface area contributed by atoms with Crippen LogP contribution in [-0.2, 0) is 0 Å². The van der Waals surface area contributed by atoms with Crippen LogP contribution >= 0.6 is 0 Å². The third kappa shape index (κ3) is 2.10. The van der Waals surface area contributed by atoms with Gasteiger partial charge in [-0.2, -0.15) is 9.61 Å². The molecule has 3 N–H and O–H groups in total. The molecule has 19 heavy (non-hydrogen) atoms. The van der Waals surface area contributed by atoms with E-state index in [0.29, 0.717) is 24.0 Å². The van der Waals surface area contributed by atoms with Crippen molar-refractivity contribution in [3.8, 4) is 0 Å². The molecule has 2 aromatic rings. The Balaban J connectivity index is 1.91. The van der Waals surface area contributed by atoms with Crippen LogP contribution in [-0.4, -0.2) is 39.4 Å². The van der Waals surface area contributed by atoms with E-state index in [2.05, 4.69) is 27.1 Å². The lowest BCUT2D eigenvalue weighted by atomic mass is 9.87. The van der Waals surface area contributed by atoms with E-state index in [1.54, 1.807) is 6.07 Å². The van der Waals surface area contributed by atoms with Crippen molar-refractivity contribution in [2.75, 3.05) is 24.5 Å². The lowest BCUT2D eigenvalue weighted by Crippen LogP contribution is -2.43. The first-order valence-corrected chi connectivity index (χ1v) is 6.58. The zero-order valence-corrected chi connectivity index (χ0v) is 10.9. The van der Waals surface area contributed by atoms with Crippen LogP contribution in [0.4, 0.5) is 5.82 Å². The van der Waals surface area contributed by atoms with Crippen molar-refractivity contribution in [3.63, 3.8) is 0 Å². The Morgan fingerprint density at radius 3 is 3.16 bits per heavy atom. The number of anilines is 1. The predicted molar refractivity (Wildman–Crippen MR) is 72.1 cm³/mol. The van der Waals surface area contributed by atoms with Gasteiger partial charge in [0.15, 0.2) is 5.65 Å². The summed E-state index contributed by atoms with van der Waals surface area (Å²) in [4.78, 5) is 13.7. The molecule has 0 amide bonds. The molecule has 0 bridgehead atoms. The third-order valence-corrected chi connectivity index (χ3v) is 4.00. The lowest BCUT2D eigenvalue weighted by molar-refractivity contribution is 0.306. The number of nitrogens with zero attached hydrogens (tertiary/aromatic N) is 4. The first kappa shape index (κ1) is 12.2. The van der Waals surface area contributed by atoms with Crippen LogP contribution in [0.1, 0.15) is 13.3 Å². The largest absolute Gasteiger partial charge is 0.364 e. The van der Waals surface area contributed by atoms with E-state index in [1.165, 1.54) is 4.52 Å². The fourth-order valence-corrected chi connectivity index (χ4v) is 2.63. The predicted octanol–water partition coefficient (Wildman–Crippen LogP) is -0.161. The average molecular weight is 262 g/mol. The summed E-state index contributed by atoms with van der Waals surface area (Å²) in [5, 5.41) is 10.6. The molecule has 3 rings (SSSR count). The zero-order chi connectivity index (χ0) is 13.4. The Morgan fingerprint density at radius 1 is 1.53 bits per heavy atom. The summed E-state index contributed by atoms with van der Waals surface area (Å²) in [5.41, 5.74) is 6.04. The number of hydrogen-bond donors (Lipinski definition) is 2. The standard InChI is InChI=1S/C12H18N6O/c1-8-4-5-17(7-9(8)6-13)11-3-2-10-14-15-12(19)18(10)16-11/h2-3,8-9H,4-7,13H2,1H3,(H,15,19). The number of aromatic amines is 1. The maximum atomic E-state index is 11.5. The smallest absolute Gasteiger partial charge is 0.355 e. The topological polar surface area (TPSA) is 92.3 Å². The van der Waals surface area contributed by atoms with E-state index in [4.69, 9.17) is 5.73 Å². The van der Waals surface area contributed by atoms with E-state index in [9.17, 15) is 4.79 Å². The summed E-state index contributed by atoms with van der Waals surface area (Å²) in [6, 6.07) is 3.70. The number of aromatic nitrogens is 4. The van der Waals surface area contributed by atoms with E-state index >= 15 is 0 Å². The molecular formula is C12H18N6O. The Morgan fingerprint density at radius 2 is 2.37 bits per heavy atom. The van der Waals surface area contributed by atoms with Gasteiger partial charge in [-0.05, 0) is 36.9 Å². The summed E-state index contributed by atoms with van der Waals surface area (Å²) in [5.74, 6) is 1.93. The van der Waals surface area contributed by atoms with Crippen molar-refractivity contribution in [2.45, 2.75) is 13.3 Å². The van der Waals surface area contributed by atoms with Crippen molar-refractivity contribution in [1.29, 1.82) is 0 Å². The lowest BCUT2D eigenvalue weighted by Gasteiger charge is -2.37. The molecule has 1 aliphatic rings. The number of nitrogens with two attached hydrogens (primary N) is 1. The fourth-order valence-electron chi connectivity index (χ4n) is 2.63. The van der Waals surface area contributed by atoms with Gasteiger partial charge < -0.3 is 10.6 Å². The molecule has 102 valence electrons. The van der Waals surface area contributed by atoms with Crippen molar-refractivity contribution in [3.05, 3.63) is 22.6 Å². The van der Waals surface area contributed by atoms with E-state index in [0.717, 1.165) is 25.3 Å². The molecule has 0 radical (unpaired) electrons. The second-order valence-electron chi connectivity index (χ2n) is 5.20. The normalized spacial score (nSPS) is 24.0. The fraction of sp³-hybridized carbons (Fsp3) is 0.583. The first-order chi connectivity index (χ1) is 9.19. The summed E-state index contributed by atoms with van der Waals surface area (Å²) >= 11 is 0. The highest BCUT2D eigenvalue weighted by Crippen LogP contribution is 2.25. The highest BCUT2D eigenvalue weighted by Gasteiger charge is 2.26. The Bertz CT molecular complexity index is 632. The molecule has 0 spiro atoms. The monoisotopic (exact) mass is 262 g/mol. The molecule has 2 atom stereocenters. The van der Waals surface area contributed by atoms with Gasteiger partial charge >= 0.3 is 5.69 Å². The maximum absolute atomic E-state index is 11.5. The van der Waals surface area contributed by atoms with Crippen LogP contribution < -0.4 is 16.3 Å². The van der Waals surface area contributed by atoms with Crippen LogP contribution in [0.2, 0.25) is 0 Å². The molecule has 1 aliphatic heterocycles. The van der Waals surface area contributed by atoms with Gasteiger partial charge in [0.1, 0.15) is 5.82 Å². The van der Waals surface area contributed by atoms with Gasteiger partial charge in [0.2, 0.25) is 0 Å². The van der Waals surface area contributed by atoms with Crippen molar-refractivity contribution in [2.24, 2.45) is 17.6 Å². The van der Waals surface area contributed by atoms with Gasteiger partial charge in [0, 0.05) is 13.1 Å². The maximum Gasteiger partial charge on any atom is 0.364 e. The van der Waals surface area contributed by atoms with Crippen molar-refractivity contribution < 1.29 is 0 Å². The summed E-state index contributed by atoms with van der Waals surface area (Å²) in [6.07, 6.45) is 1.10. The zero-order valence-electron chi connectivity index (χ0n) is 10.9. The summed E-state index contributed by atoms with van der Waals surface area (Å²) in [7, 11) is 0. The average Bonchev–Trinajstić information content (AvgIpc) is 2.80. The Labute approximate surface area is 110 Å². The van der Waals surface area contributed by atoms with Crippen LogP contribution in [0.15, 0.2) is 16.9 Å². The number of piperidine rings is 1. The van der Waals surface area contributed by atoms with Gasteiger partial charge in [-0.1, -0.05) is 6.92 Å². The van der Waals surface area contributed by atoms with Crippen LogP contribution in [0, 0.1) is 11.8 Å². The molecule has 0 saturated carbocycles. The SMILES string of the molecule is CC1CCN(c2ccc3n[nH]c(=O)n3n2)CC1CN. The van der Waals surface area contributed by atoms with E-state index in [-0.39, 0.29) is 5.69 Å². The number of rotatable bonds is 2. The number of nitrogens with one attached hydrogen (secondary N) is 1. The van der Waals surface area contributed by atoms with Crippen LogP contribution in [0.25, 0.3) is 5.65 Å². The third-order valence-electron chi connectivity index (χ3n) is 4.00. The molecule has 1 fully saturated rings. The minimum absolute atomic E-state index is 0.308. The van der Waals surface area contributed by atoms with E-state index in [1.807, 2.05) is 6.07 Å². The molecule has 0 aromatic carbocycles. The highest BCUT2D eigenvalue weighted by molar-refractivity contribution is 5.45. The van der Waals surface area contributed by atoms with Gasteiger partial charge in [0.05, 0.1) is 0 Å². The first-order valence-electron chi connectivity index (χ1n) is 6.58. The summed E-state index contributed by atoms with van der Waals surface area (Å²) < 4.78 is 1.30. The van der Waals surface area contributed by atoms with Crippen molar-refractivity contribution >= 4 is 11.5 Å². The second-order valence-corrected chi connectivity index (χ2v) is 5.20. The van der Waals surface area contributed by atoms with Crippen LogP contribution in [0.5, 0.6) is 0 Å². The summed E-state index contributed by atoms with van der Waals surface area (Å²) in [6.45, 7) is 4.77. The highest BCUT2D eigenvalue weighted by atomic mass is 16.2. The van der Waals surface area contributed by atoms with Gasteiger partial charge in [0.25, 0.3) is 0 Å². The number of hydrogen-bond acceptors (Lipinski definition) is 5. The molecule has 2 aromatic heterocycles. The van der Waals surface area contributed by atoms with Crippen LogP contribution in [0.3, 0.4) is 0 Å². The van der Waals surface area contributed by atoms with Crippen molar-refractivity contribution in [1.82, 2.24) is 19.8 Å². The number of fused-ring (bicyclic) bond motifs is 1.